The van der Waals surface area contributed by atoms with Gasteiger partial charge in [0, 0.05) is 5.92 Å². The van der Waals surface area contributed by atoms with E-state index in [0.717, 1.165) is 30.9 Å². The molecule has 94 valence electrons. The molecular weight excluding hydrogens is 196 g/mol. The first kappa shape index (κ1) is 13.6. The van der Waals surface area contributed by atoms with Crippen LogP contribution in [0.15, 0.2) is 11.3 Å². The minimum Gasteiger partial charge on any atom is -0.512 e. The highest BCUT2D eigenvalue weighted by atomic mass is 16.3. The zero-order valence-corrected chi connectivity index (χ0v) is 11.3. The molecule has 0 aliphatic heterocycles. The van der Waals surface area contributed by atoms with Gasteiger partial charge in [0.15, 0.2) is 0 Å². The Morgan fingerprint density at radius 2 is 1.88 bits per heavy atom. The highest BCUT2D eigenvalue weighted by Crippen LogP contribution is 2.32. The fraction of sp³-hybridized carbons (Fsp3) is 0.867. The Hall–Kier alpha value is -0.460. The number of hydrogen-bond acceptors (Lipinski definition) is 1. The molecule has 1 aliphatic carbocycles. The van der Waals surface area contributed by atoms with Gasteiger partial charge in [-0.2, -0.15) is 0 Å². The van der Waals surface area contributed by atoms with Gasteiger partial charge in [0.2, 0.25) is 0 Å². The molecule has 2 atom stereocenters. The second-order valence-corrected chi connectivity index (χ2v) is 5.38. The van der Waals surface area contributed by atoms with Gasteiger partial charge in [-0.05, 0) is 43.6 Å². The van der Waals surface area contributed by atoms with Crippen LogP contribution < -0.4 is 0 Å². The molecular formula is C15H28O. The maximum absolute atomic E-state index is 10.0. The predicted molar refractivity (Wildman–Crippen MR) is 70.6 cm³/mol. The Morgan fingerprint density at radius 3 is 2.31 bits per heavy atom. The van der Waals surface area contributed by atoms with Crippen LogP contribution in [0.5, 0.6) is 0 Å². The van der Waals surface area contributed by atoms with Crippen LogP contribution in [0.2, 0.25) is 0 Å². The van der Waals surface area contributed by atoms with Crippen LogP contribution >= 0.6 is 0 Å². The van der Waals surface area contributed by atoms with Crippen molar-refractivity contribution in [1.29, 1.82) is 0 Å². The van der Waals surface area contributed by atoms with Crippen LogP contribution in [0.1, 0.15) is 72.1 Å². The summed E-state index contributed by atoms with van der Waals surface area (Å²) in [6, 6.07) is 0. The number of aliphatic hydroxyl groups excluding tert-OH is 1. The van der Waals surface area contributed by atoms with Crippen molar-refractivity contribution in [3.8, 4) is 0 Å². The minimum atomic E-state index is 0.390. The van der Waals surface area contributed by atoms with E-state index in [1.165, 1.54) is 37.7 Å². The number of rotatable bonds is 7. The summed E-state index contributed by atoms with van der Waals surface area (Å²) in [5, 5.41) is 10.0. The third-order valence-electron chi connectivity index (χ3n) is 4.07. The standard InChI is InChI=1S/C15H28O/c1-4-7-13(5-2)11-10-12(3)15(16)14-8-6-9-14/h12-13,16H,4-11H2,1-3H3/t12-,13?/m1/s1. The summed E-state index contributed by atoms with van der Waals surface area (Å²) in [4.78, 5) is 0. The van der Waals surface area contributed by atoms with Gasteiger partial charge in [-0.15, -0.1) is 0 Å². The van der Waals surface area contributed by atoms with E-state index in [4.69, 9.17) is 0 Å². The largest absolute Gasteiger partial charge is 0.512 e. The van der Waals surface area contributed by atoms with Crippen LogP contribution in [0.4, 0.5) is 0 Å². The summed E-state index contributed by atoms with van der Waals surface area (Å²) in [6.45, 7) is 6.73. The van der Waals surface area contributed by atoms with Crippen molar-refractivity contribution in [3.05, 3.63) is 11.3 Å². The van der Waals surface area contributed by atoms with Crippen molar-refractivity contribution in [2.24, 2.45) is 11.8 Å². The molecule has 1 unspecified atom stereocenters. The van der Waals surface area contributed by atoms with Gasteiger partial charge in [-0.3, -0.25) is 0 Å². The summed E-state index contributed by atoms with van der Waals surface area (Å²) in [5.74, 6) is 1.98. The van der Waals surface area contributed by atoms with Crippen LogP contribution in [-0.4, -0.2) is 5.11 Å². The SMILES string of the molecule is CCCC(CC)CC[C@@H](C)C(O)=C1CCC1. The average Bonchev–Trinajstić information content (AvgIpc) is 2.21. The molecule has 1 nitrogen and oxygen atoms in total. The molecule has 0 spiro atoms. The summed E-state index contributed by atoms with van der Waals surface area (Å²) in [7, 11) is 0. The number of aliphatic hydroxyl groups is 1. The molecule has 1 rings (SSSR count). The molecule has 0 aromatic heterocycles. The van der Waals surface area contributed by atoms with Gasteiger partial charge in [0.05, 0.1) is 5.76 Å². The molecule has 0 aromatic rings. The van der Waals surface area contributed by atoms with E-state index in [1.807, 2.05) is 0 Å². The smallest absolute Gasteiger partial charge is 0.0942 e. The lowest BCUT2D eigenvalue weighted by molar-refractivity contribution is 0.292. The third-order valence-corrected chi connectivity index (χ3v) is 4.07. The van der Waals surface area contributed by atoms with E-state index in [-0.39, 0.29) is 0 Å². The van der Waals surface area contributed by atoms with Crippen molar-refractivity contribution in [3.63, 3.8) is 0 Å². The summed E-state index contributed by atoms with van der Waals surface area (Å²) in [5.41, 5.74) is 1.33. The van der Waals surface area contributed by atoms with Crippen LogP contribution in [-0.2, 0) is 0 Å². The monoisotopic (exact) mass is 224 g/mol. The van der Waals surface area contributed by atoms with E-state index in [9.17, 15) is 5.11 Å². The maximum atomic E-state index is 10.0. The van der Waals surface area contributed by atoms with E-state index in [2.05, 4.69) is 20.8 Å². The first-order valence-electron chi connectivity index (χ1n) is 7.09. The lowest BCUT2D eigenvalue weighted by Gasteiger charge is -2.23. The first-order chi connectivity index (χ1) is 7.69. The van der Waals surface area contributed by atoms with Gasteiger partial charge in [0.1, 0.15) is 0 Å². The molecule has 0 aromatic carbocycles. The quantitative estimate of drug-likeness (QED) is 0.587. The maximum Gasteiger partial charge on any atom is 0.0942 e. The molecule has 1 fully saturated rings. The Labute approximate surface area is 101 Å². The van der Waals surface area contributed by atoms with Gasteiger partial charge in [-0.25, -0.2) is 0 Å². The van der Waals surface area contributed by atoms with Crippen LogP contribution in [0.3, 0.4) is 0 Å². The fourth-order valence-corrected chi connectivity index (χ4v) is 2.54. The molecule has 0 saturated heterocycles. The van der Waals surface area contributed by atoms with Gasteiger partial charge in [-0.1, -0.05) is 40.0 Å². The lowest BCUT2D eigenvalue weighted by atomic mass is 9.85. The second kappa shape index (κ2) is 6.98. The van der Waals surface area contributed by atoms with Gasteiger partial charge >= 0.3 is 0 Å². The van der Waals surface area contributed by atoms with Gasteiger partial charge in [0.25, 0.3) is 0 Å². The zero-order chi connectivity index (χ0) is 12.0. The molecule has 1 aliphatic rings. The van der Waals surface area contributed by atoms with E-state index in [0.29, 0.717) is 5.92 Å². The minimum absolute atomic E-state index is 0.390. The average molecular weight is 224 g/mol. The van der Waals surface area contributed by atoms with E-state index >= 15 is 0 Å². The molecule has 0 bridgehead atoms. The summed E-state index contributed by atoms with van der Waals surface area (Å²) >= 11 is 0. The van der Waals surface area contributed by atoms with Crippen molar-refractivity contribution in [1.82, 2.24) is 0 Å². The Kier molecular flexibility index (Phi) is 5.94. The first-order valence-corrected chi connectivity index (χ1v) is 7.09. The van der Waals surface area contributed by atoms with Crippen molar-refractivity contribution in [2.75, 3.05) is 0 Å². The number of hydrogen-bond donors (Lipinski definition) is 1. The number of allylic oxidation sites excluding steroid dienone is 2. The van der Waals surface area contributed by atoms with E-state index < -0.39 is 0 Å². The van der Waals surface area contributed by atoms with Crippen molar-refractivity contribution < 1.29 is 5.11 Å². The predicted octanol–water partition coefficient (Wildman–Crippen LogP) is 5.23. The second-order valence-electron chi connectivity index (χ2n) is 5.38. The van der Waals surface area contributed by atoms with Crippen molar-refractivity contribution >= 4 is 0 Å². The molecule has 0 radical (unpaired) electrons. The Balaban J connectivity index is 2.30. The topological polar surface area (TPSA) is 20.2 Å². The van der Waals surface area contributed by atoms with E-state index in [1.54, 1.807) is 0 Å². The van der Waals surface area contributed by atoms with Crippen LogP contribution in [0.25, 0.3) is 0 Å². The molecule has 0 amide bonds. The molecule has 16 heavy (non-hydrogen) atoms. The Bertz CT molecular complexity index is 224. The zero-order valence-electron chi connectivity index (χ0n) is 11.3. The molecule has 1 saturated carbocycles. The third kappa shape index (κ3) is 3.84. The molecule has 1 N–H and O–H groups in total. The lowest BCUT2D eigenvalue weighted by Crippen LogP contribution is -2.10. The highest BCUT2D eigenvalue weighted by Gasteiger charge is 2.19. The van der Waals surface area contributed by atoms with Crippen LogP contribution in [0, 0.1) is 11.8 Å². The highest BCUT2D eigenvalue weighted by molar-refractivity contribution is 5.15. The molecule has 1 heteroatoms. The summed E-state index contributed by atoms with van der Waals surface area (Å²) < 4.78 is 0. The normalized spacial score (nSPS) is 19.1. The summed E-state index contributed by atoms with van der Waals surface area (Å²) in [6.07, 6.45) is 9.93. The van der Waals surface area contributed by atoms with Gasteiger partial charge < -0.3 is 5.11 Å². The van der Waals surface area contributed by atoms with Crippen molar-refractivity contribution in [2.45, 2.75) is 72.1 Å². The fourth-order valence-electron chi connectivity index (χ4n) is 2.54. The molecule has 0 heterocycles. The Morgan fingerprint density at radius 1 is 1.19 bits per heavy atom.